The Kier molecular flexibility index (Phi) is 17.7. The summed E-state index contributed by atoms with van der Waals surface area (Å²) in [6.45, 7) is 0. The number of rotatable bonds is 14. The van der Waals surface area contributed by atoms with Gasteiger partial charge in [-0.1, -0.05) is 315 Å². The second kappa shape index (κ2) is 26.1. The maximum Gasteiger partial charge on any atom is 0.227 e. The zero-order valence-electron chi connectivity index (χ0n) is 44.4. The molecule has 0 aromatic heterocycles. The standard InChI is InChI=1S/C26H25PS.2C24H20B/c1-28(26-20-12-5-13-21-26)22-27(23-14-6-2-7-15-23,24-16-8-3-9-17-24)25-18-10-4-11-19-25;2*1-5-13-21(14-6-1)25(22-15-7-2-8-16-22,23-17-9-3-10-18-23)24-19-11-4-12-20-24/h2-21H,22H2,1H3;2*1-20H/q+2;2*-1. The van der Waals surface area contributed by atoms with Gasteiger partial charge in [0.2, 0.25) is 5.49 Å². The first-order valence-electron chi connectivity index (χ1n) is 27.1. The SMILES string of the molecule is C[S+](C[P+](c1ccccc1)(c1ccccc1)c1ccccc1)c1ccccc1.c1ccc([B-](c2ccccc2)(c2ccccc2)c2ccccc2)cc1.c1ccc([B-](c2ccccc2)(c2ccccc2)c2ccccc2)cc1. The van der Waals surface area contributed by atoms with Crippen LogP contribution in [0.4, 0.5) is 0 Å². The van der Waals surface area contributed by atoms with Crippen LogP contribution in [-0.4, -0.2) is 24.0 Å². The molecule has 0 radical (unpaired) electrons. The number of hydrogen-bond donors (Lipinski definition) is 0. The average molecular weight is 1040 g/mol. The van der Waals surface area contributed by atoms with Crippen LogP contribution in [-0.2, 0) is 10.9 Å². The van der Waals surface area contributed by atoms with Gasteiger partial charge < -0.3 is 0 Å². The maximum atomic E-state index is 2.40. The topological polar surface area (TPSA) is 0 Å². The van der Waals surface area contributed by atoms with Crippen molar-refractivity contribution in [2.24, 2.45) is 0 Å². The first kappa shape index (κ1) is 53.0. The van der Waals surface area contributed by atoms with Crippen LogP contribution >= 0.6 is 7.26 Å². The minimum atomic E-state index is -1.76. The largest absolute Gasteiger partial charge is 0.227 e. The molecule has 0 heterocycles. The zero-order chi connectivity index (χ0) is 53.1. The van der Waals surface area contributed by atoms with Gasteiger partial charge in [0.05, 0.1) is 10.9 Å². The van der Waals surface area contributed by atoms with E-state index in [0.717, 1.165) is 5.49 Å². The highest BCUT2D eigenvalue weighted by Gasteiger charge is 2.51. The second-order valence-corrected chi connectivity index (χ2v) is 25.9. The number of hydrogen-bond acceptors (Lipinski definition) is 0. The minimum Gasteiger partial charge on any atom is -0.195 e. The van der Waals surface area contributed by atoms with E-state index in [9.17, 15) is 0 Å². The van der Waals surface area contributed by atoms with Crippen molar-refractivity contribution in [3.63, 3.8) is 0 Å². The molecule has 0 saturated carbocycles. The molecule has 0 saturated heterocycles. The smallest absolute Gasteiger partial charge is 0.195 e. The highest BCUT2D eigenvalue weighted by molar-refractivity contribution is 8.11. The Bertz CT molecular complexity index is 3020. The quantitative estimate of drug-likeness (QED) is 0.0578. The van der Waals surface area contributed by atoms with Crippen molar-refractivity contribution in [2.75, 3.05) is 11.7 Å². The first-order chi connectivity index (χ1) is 38.6. The molecule has 0 N–H and O–H groups in total. The van der Waals surface area contributed by atoms with Gasteiger partial charge in [0.1, 0.15) is 34.5 Å². The summed E-state index contributed by atoms with van der Waals surface area (Å²) in [6.07, 6.45) is -0.0294. The Hall–Kier alpha value is -8.45. The third-order valence-corrected chi connectivity index (χ3v) is 23.2. The molecule has 0 aliphatic carbocycles. The van der Waals surface area contributed by atoms with E-state index in [1.165, 1.54) is 64.5 Å². The lowest BCUT2D eigenvalue weighted by atomic mass is 9.13. The fourth-order valence-electron chi connectivity index (χ4n) is 12.0. The summed E-state index contributed by atoms with van der Waals surface area (Å²) in [6, 6.07) is 131. The van der Waals surface area contributed by atoms with Crippen LogP contribution in [0.2, 0.25) is 0 Å². The van der Waals surface area contributed by atoms with Crippen LogP contribution in [0.25, 0.3) is 0 Å². The van der Waals surface area contributed by atoms with E-state index in [2.05, 4.69) is 370 Å². The van der Waals surface area contributed by atoms with Crippen molar-refractivity contribution in [1.82, 2.24) is 0 Å². The summed E-state index contributed by atoms with van der Waals surface area (Å²) in [5.74, 6) is 0. The van der Waals surface area contributed by atoms with Gasteiger partial charge in [-0.2, -0.15) is 43.7 Å². The first-order valence-corrected chi connectivity index (χ1v) is 30.9. The van der Waals surface area contributed by atoms with E-state index in [1.54, 1.807) is 0 Å². The lowest BCUT2D eigenvalue weighted by Gasteiger charge is -2.44. The van der Waals surface area contributed by atoms with Crippen molar-refractivity contribution < 1.29 is 0 Å². The Morgan fingerprint density at radius 2 is 0.372 bits per heavy atom. The predicted octanol–water partition coefficient (Wildman–Crippen LogP) is 11.4. The van der Waals surface area contributed by atoms with E-state index in [1.807, 2.05) is 0 Å². The third kappa shape index (κ3) is 11.3. The maximum absolute atomic E-state index is 2.40. The lowest BCUT2D eigenvalue weighted by Crippen LogP contribution is -2.74. The Labute approximate surface area is 467 Å². The van der Waals surface area contributed by atoms with Gasteiger partial charge >= 0.3 is 0 Å². The van der Waals surface area contributed by atoms with Gasteiger partial charge in [-0.25, -0.2) is 0 Å². The summed E-state index contributed by atoms with van der Waals surface area (Å²) >= 11 is 0. The van der Waals surface area contributed by atoms with Crippen molar-refractivity contribution in [2.45, 2.75) is 4.90 Å². The monoisotopic (exact) mass is 1040 g/mol. The minimum absolute atomic E-state index is 0.145. The van der Waals surface area contributed by atoms with Crippen LogP contribution in [0.15, 0.2) is 369 Å². The summed E-state index contributed by atoms with van der Waals surface area (Å²) in [5.41, 5.74) is 11.9. The van der Waals surface area contributed by atoms with Crippen molar-refractivity contribution in [3.8, 4) is 0 Å². The highest BCUT2D eigenvalue weighted by Crippen LogP contribution is 2.57. The van der Waals surface area contributed by atoms with Gasteiger partial charge in [-0.15, -0.1) is 0 Å². The van der Waals surface area contributed by atoms with Crippen molar-refractivity contribution in [3.05, 3.63) is 364 Å². The summed E-state index contributed by atoms with van der Waals surface area (Å²) < 4.78 is 0. The number of benzene rings is 12. The van der Waals surface area contributed by atoms with E-state index in [0.29, 0.717) is 0 Å². The van der Waals surface area contributed by atoms with Gasteiger partial charge in [-0.3, -0.25) is 0 Å². The van der Waals surface area contributed by atoms with Crippen LogP contribution in [0.1, 0.15) is 0 Å². The van der Waals surface area contributed by atoms with E-state index >= 15 is 0 Å². The molecule has 12 aromatic rings. The van der Waals surface area contributed by atoms with Gasteiger partial charge in [-0.05, 0) is 48.5 Å². The molecule has 4 heteroatoms. The van der Waals surface area contributed by atoms with Crippen molar-refractivity contribution >= 4 is 90.1 Å². The molecule has 0 bridgehead atoms. The van der Waals surface area contributed by atoms with Gasteiger partial charge in [0, 0.05) is 0 Å². The molecule has 0 nitrogen and oxygen atoms in total. The molecule has 378 valence electrons. The molecule has 12 rings (SSSR count). The fraction of sp³-hybridized carbons (Fsp3) is 0.0270. The molecule has 1 unspecified atom stereocenters. The fourth-order valence-corrected chi connectivity index (χ4v) is 20.2. The summed E-state index contributed by atoms with van der Waals surface area (Å²) in [4.78, 5) is 1.44. The molecular formula is C74H65B2PS. The van der Waals surface area contributed by atoms with Crippen molar-refractivity contribution in [1.29, 1.82) is 0 Å². The van der Waals surface area contributed by atoms with Crippen LogP contribution in [0.5, 0.6) is 0 Å². The molecule has 0 aliphatic rings. The lowest BCUT2D eigenvalue weighted by molar-refractivity contribution is 1.45. The zero-order valence-corrected chi connectivity index (χ0v) is 46.1. The molecule has 0 spiro atoms. The highest BCUT2D eigenvalue weighted by atomic mass is 32.2. The van der Waals surface area contributed by atoms with E-state index in [4.69, 9.17) is 0 Å². The summed E-state index contributed by atoms with van der Waals surface area (Å²) in [7, 11) is -1.62. The summed E-state index contributed by atoms with van der Waals surface area (Å²) in [5, 5.41) is 4.38. The third-order valence-electron chi connectivity index (χ3n) is 15.5. The molecule has 0 amide bonds. The predicted molar refractivity (Wildman–Crippen MR) is 348 cm³/mol. The molecule has 1 atom stereocenters. The average Bonchev–Trinajstić information content (AvgIpc) is 3.60. The molecule has 0 aliphatic heterocycles. The van der Waals surface area contributed by atoms with E-state index in [-0.39, 0.29) is 10.9 Å². The Balaban J connectivity index is 0.000000133. The Morgan fingerprint density at radius 3 is 0.551 bits per heavy atom. The normalized spacial score (nSPS) is 11.7. The van der Waals surface area contributed by atoms with Gasteiger partial charge in [0.15, 0.2) is 12.2 Å². The Morgan fingerprint density at radius 1 is 0.218 bits per heavy atom. The van der Waals surface area contributed by atoms with Crippen LogP contribution < -0.4 is 59.6 Å². The van der Waals surface area contributed by atoms with E-state index < -0.39 is 19.6 Å². The molecular weight excluding hydrogens is 973 g/mol. The molecule has 0 fully saturated rings. The van der Waals surface area contributed by atoms with Gasteiger partial charge in [0.25, 0.3) is 0 Å². The second-order valence-electron chi connectivity index (χ2n) is 19.9. The van der Waals surface area contributed by atoms with Crippen LogP contribution in [0, 0.1) is 0 Å². The molecule has 12 aromatic carbocycles. The molecule has 78 heavy (non-hydrogen) atoms. The van der Waals surface area contributed by atoms with Crippen LogP contribution in [0.3, 0.4) is 0 Å².